The van der Waals surface area contributed by atoms with E-state index >= 15 is 0 Å². The minimum atomic E-state index is -0.977. The van der Waals surface area contributed by atoms with Crippen LogP contribution >= 0.6 is 63.7 Å². The van der Waals surface area contributed by atoms with Gasteiger partial charge in [0.25, 0.3) is 0 Å². The second kappa shape index (κ2) is 7.68. The molecule has 0 aromatic heterocycles. The Morgan fingerprint density at radius 1 is 1.00 bits per heavy atom. The van der Waals surface area contributed by atoms with Crippen molar-refractivity contribution in [2.24, 2.45) is 0 Å². The van der Waals surface area contributed by atoms with E-state index in [9.17, 15) is 15.0 Å². The molecule has 7 heteroatoms. The van der Waals surface area contributed by atoms with Gasteiger partial charge in [0, 0.05) is 8.95 Å². The third kappa shape index (κ3) is 4.38. The molecule has 3 nitrogen and oxygen atoms in total. The molecule has 2 rings (SSSR count). The highest BCUT2D eigenvalue weighted by atomic mass is 79.9. The average molecular weight is 572 g/mol. The van der Waals surface area contributed by atoms with Gasteiger partial charge in [-0.25, -0.2) is 4.79 Å². The average Bonchev–Trinajstić information content (AvgIpc) is 2.42. The number of benzene rings is 2. The quantitative estimate of drug-likeness (QED) is 0.441. The first-order valence-corrected chi connectivity index (χ1v) is 9.77. The summed E-state index contributed by atoms with van der Waals surface area (Å²) >= 11 is 13.3. The summed E-state index contributed by atoms with van der Waals surface area (Å²) in [7, 11) is 0. The van der Waals surface area contributed by atoms with Gasteiger partial charge in [-0.3, -0.25) is 0 Å². The highest BCUT2D eigenvalue weighted by Gasteiger charge is 2.17. The largest absolute Gasteiger partial charge is 0.506 e. The van der Waals surface area contributed by atoms with Crippen LogP contribution in [0, 0.1) is 0 Å². The molecule has 122 valence electrons. The number of aromatic carboxylic acids is 1. The fourth-order valence-corrected chi connectivity index (χ4v) is 5.13. The fourth-order valence-electron chi connectivity index (χ4n) is 2.29. The number of phenolic OH excluding ortho intramolecular Hbond substituents is 1. The first kappa shape index (κ1) is 19.0. The Bertz CT molecular complexity index is 728. The molecule has 2 N–H and O–H groups in total. The van der Waals surface area contributed by atoms with Crippen LogP contribution in [-0.4, -0.2) is 16.2 Å². The summed E-state index contributed by atoms with van der Waals surface area (Å²) in [4.78, 5) is 11.2. The van der Waals surface area contributed by atoms with Gasteiger partial charge in [0.1, 0.15) is 5.75 Å². The van der Waals surface area contributed by atoms with E-state index in [4.69, 9.17) is 0 Å². The second-order valence-electron chi connectivity index (χ2n) is 5.18. The topological polar surface area (TPSA) is 57.5 Å². The van der Waals surface area contributed by atoms with Crippen molar-refractivity contribution < 1.29 is 15.0 Å². The third-order valence-electron chi connectivity index (χ3n) is 3.47. The molecule has 2 aromatic carbocycles. The van der Waals surface area contributed by atoms with E-state index in [1.807, 2.05) is 24.3 Å². The summed E-state index contributed by atoms with van der Waals surface area (Å²) in [6.45, 7) is 2.08. The van der Waals surface area contributed by atoms with Crippen LogP contribution in [0.2, 0.25) is 0 Å². The molecule has 0 fully saturated rings. The van der Waals surface area contributed by atoms with Gasteiger partial charge < -0.3 is 10.2 Å². The number of carbonyl (C=O) groups is 1. The predicted molar refractivity (Wildman–Crippen MR) is 104 cm³/mol. The van der Waals surface area contributed by atoms with E-state index in [-0.39, 0.29) is 17.2 Å². The zero-order valence-electron chi connectivity index (χ0n) is 11.9. The van der Waals surface area contributed by atoms with E-state index in [0.717, 1.165) is 17.5 Å². The van der Waals surface area contributed by atoms with E-state index in [1.54, 1.807) is 0 Å². The smallest absolute Gasteiger partial charge is 0.337 e. The Balaban J connectivity index is 2.31. The lowest BCUT2D eigenvalue weighted by Crippen LogP contribution is -2.03. The van der Waals surface area contributed by atoms with Crippen molar-refractivity contribution in [3.63, 3.8) is 0 Å². The van der Waals surface area contributed by atoms with Crippen LogP contribution in [0.25, 0.3) is 0 Å². The molecule has 1 atom stereocenters. The van der Waals surface area contributed by atoms with Crippen LogP contribution in [0.15, 0.2) is 42.2 Å². The van der Waals surface area contributed by atoms with E-state index in [1.165, 1.54) is 0 Å². The Morgan fingerprint density at radius 3 is 1.91 bits per heavy atom. The lowest BCUT2D eigenvalue weighted by atomic mass is 9.93. The maximum atomic E-state index is 11.2. The van der Waals surface area contributed by atoms with Crippen molar-refractivity contribution in [1.82, 2.24) is 0 Å². The van der Waals surface area contributed by atoms with Gasteiger partial charge in [-0.05, 0) is 111 Å². The standard InChI is InChI=1S/C16H12Br4O3/c1-7(9-5-12(19)15(21)13(20)6-9)2-8-3-10(17)14(16(22)23)11(18)4-8/h3-7,21H,2H2,1H3,(H,22,23)/t7-/m1/s1. The van der Waals surface area contributed by atoms with Crippen molar-refractivity contribution in [2.45, 2.75) is 19.3 Å². The number of phenols is 1. The summed E-state index contributed by atoms with van der Waals surface area (Å²) in [6, 6.07) is 7.44. The minimum absolute atomic E-state index is 0.178. The highest BCUT2D eigenvalue weighted by Crippen LogP contribution is 2.37. The number of halogens is 4. The summed E-state index contributed by atoms with van der Waals surface area (Å²) in [6.07, 6.45) is 0.737. The molecule has 0 saturated heterocycles. The molecule has 2 aromatic rings. The summed E-state index contributed by atoms with van der Waals surface area (Å²) in [5.41, 5.74) is 2.30. The molecule has 0 radical (unpaired) electrons. The summed E-state index contributed by atoms with van der Waals surface area (Å²) < 4.78 is 2.37. The zero-order chi connectivity index (χ0) is 17.3. The van der Waals surface area contributed by atoms with Crippen LogP contribution in [0.3, 0.4) is 0 Å². The number of hydrogen-bond acceptors (Lipinski definition) is 2. The van der Waals surface area contributed by atoms with Gasteiger partial charge in [-0.1, -0.05) is 6.92 Å². The van der Waals surface area contributed by atoms with Gasteiger partial charge in [0.05, 0.1) is 14.5 Å². The van der Waals surface area contributed by atoms with E-state index in [2.05, 4.69) is 70.6 Å². The zero-order valence-corrected chi connectivity index (χ0v) is 18.3. The maximum Gasteiger partial charge on any atom is 0.337 e. The number of hydrogen-bond donors (Lipinski definition) is 2. The minimum Gasteiger partial charge on any atom is -0.506 e. The molecular weight excluding hydrogens is 560 g/mol. The molecule has 0 aliphatic rings. The van der Waals surface area contributed by atoms with Gasteiger partial charge in [0.15, 0.2) is 0 Å². The summed E-state index contributed by atoms with van der Waals surface area (Å²) in [5, 5.41) is 19.0. The van der Waals surface area contributed by atoms with Crippen LogP contribution in [0.5, 0.6) is 5.75 Å². The molecule has 0 amide bonds. The number of carboxylic acid groups (broad SMARTS) is 1. The Hall–Kier alpha value is -0.370. The molecule has 0 unspecified atom stereocenters. The maximum absolute atomic E-state index is 11.2. The lowest BCUT2D eigenvalue weighted by molar-refractivity contribution is 0.0695. The van der Waals surface area contributed by atoms with E-state index < -0.39 is 5.97 Å². The fraction of sp³-hybridized carbons (Fsp3) is 0.188. The van der Waals surface area contributed by atoms with Gasteiger partial charge in [0.2, 0.25) is 0 Å². The van der Waals surface area contributed by atoms with Gasteiger partial charge >= 0.3 is 5.97 Å². The lowest BCUT2D eigenvalue weighted by Gasteiger charge is -2.15. The van der Waals surface area contributed by atoms with Crippen molar-refractivity contribution in [3.8, 4) is 5.75 Å². The molecule has 23 heavy (non-hydrogen) atoms. The third-order valence-corrected chi connectivity index (χ3v) is 5.93. The molecule has 0 saturated carbocycles. The van der Waals surface area contributed by atoms with Crippen LogP contribution < -0.4 is 0 Å². The molecular formula is C16H12Br4O3. The molecule has 0 aliphatic heterocycles. The van der Waals surface area contributed by atoms with Crippen molar-refractivity contribution in [1.29, 1.82) is 0 Å². The van der Waals surface area contributed by atoms with Crippen molar-refractivity contribution in [3.05, 3.63) is 58.8 Å². The van der Waals surface area contributed by atoms with Gasteiger partial charge in [-0.15, -0.1) is 0 Å². The van der Waals surface area contributed by atoms with Crippen LogP contribution in [-0.2, 0) is 6.42 Å². The highest BCUT2D eigenvalue weighted by molar-refractivity contribution is 9.11. The summed E-state index contributed by atoms with van der Waals surface area (Å²) in [5.74, 6) is -0.607. The monoisotopic (exact) mass is 568 g/mol. The molecule has 0 heterocycles. The Labute approximate surface area is 167 Å². The number of carboxylic acids is 1. The molecule has 0 spiro atoms. The van der Waals surface area contributed by atoms with Crippen LogP contribution in [0.1, 0.15) is 34.3 Å². The number of aromatic hydroxyl groups is 1. The molecule has 0 bridgehead atoms. The normalized spacial score (nSPS) is 12.2. The number of rotatable bonds is 4. The molecule has 0 aliphatic carbocycles. The SMILES string of the molecule is C[C@H](Cc1cc(Br)c(C(=O)O)c(Br)c1)c1cc(Br)c(O)c(Br)c1. The van der Waals surface area contributed by atoms with Crippen molar-refractivity contribution in [2.75, 3.05) is 0 Å². The first-order valence-electron chi connectivity index (χ1n) is 6.59. The van der Waals surface area contributed by atoms with Gasteiger partial charge in [-0.2, -0.15) is 0 Å². The van der Waals surface area contributed by atoms with E-state index in [0.29, 0.717) is 17.9 Å². The second-order valence-corrected chi connectivity index (χ2v) is 8.60. The Morgan fingerprint density at radius 2 is 1.48 bits per heavy atom. The predicted octanol–water partition coefficient (Wildman–Crippen LogP) is 6.49. The Kier molecular flexibility index (Phi) is 6.33. The van der Waals surface area contributed by atoms with Crippen molar-refractivity contribution >= 4 is 69.7 Å². The first-order chi connectivity index (χ1) is 10.7. The van der Waals surface area contributed by atoms with Crippen LogP contribution in [0.4, 0.5) is 0 Å².